The Kier molecular flexibility index (Phi) is 2.88. The minimum Gasteiger partial charge on any atom is -0.459 e. The fourth-order valence-electron chi connectivity index (χ4n) is 5.05. The van der Waals surface area contributed by atoms with Gasteiger partial charge in [-0.05, 0) is 68.6 Å². The SMILES string of the molecule is C[C@]12CCC3=C4CCC(=O)C=C4CC[C@@H]3[C@@H]1CCC(=O)O2. The Hall–Kier alpha value is -1.38. The minimum atomic E-state index is -0.254. The number of ketones is 1. The highest BCUT2D eigenvalue weighted by atomic mass is 16.6. The zero-order valence-electron chi connectivity index (χ0n) is 12.6. The van der Waals surface area contributed by atoms with Crippen molar-refractivity contribution in [2.24, 2.45) is 11.8 Å². The smallest absolute Gasteiger partial charge is 0.306 e. The number of esters is 1. The largest absolute Gasteiger partial charge is 0.459 e. The molecular weight excluding hydrogens is 264 g/mol. The molecule has 21 heavy (non-hydrogen) atoms. The van der Waals surface area contributed by atoms with Crippen molar-refractivity contribution in [2.75, 3.05) is 0 Å². The molecule has 0 spiro atoms. The Balaban J connectivity index is 1.72. The Labute approximate surface area is 125 Å². The Morgan fingerprint density at radius 1 is 1.10 bits per heavy atom. The molecule has 1 aliphatic heterocycles. The lowest BCUT2D eigenvalue weighted by atomic mass is 9.59. The molecule has 1 saturated carbocycles. The molecule has 0 aromatic rings. The first-order valence-corrected chi connectivity index (χ1v) is 8.24. The quantitative estimate of drug-likeness (QED) is 0.640. The predicted molar refractivity (Wildman–Crippen MR) is 78.5 cm³/mol. The summed E-state index contributed by atoms with van der Waals surface area (Å²) in [5.41, 5.74) is 4.11. The van der Waals surface area contributed by atoms with E-state index in [1.807, 2.05) is 6.08 Å². The van der Waals surface area contributed by atoms with Crippen LogP contribution in [0.15, 0.2) is 22.8 Å². The standard InChI is InChI=1S/C18H22O3/c1-18-9-8-14-13-5-3-12(19)10-11(13)2-4-15(14)16(18)6-7-17(20)21-18/h10,15-16H,2-9H2,1H3/t15-,16-,18-/m0/s1. The van der Waals surface area contributed by atoms with Crippen LogP contribution in [0.3, 0.4) is 0 Å². The zero-order valence-corrected chi connectivity index (χ0v) is 12.6. The van der Waals surface area contributed by atoms with E-state index in [-0.39, 0.29) is 11.6 Å². The van der Waals surface area contributed by atoms with Gasteiger partial charge in [-0.2, -0.15) is 0 Å². The summed E-state index contributed by atoms with van der Waals surface area (Å²) in [6, 6.07) is 0. The van der Waals surface area contributed by atoms with E-state index in [1.165, 1.54) is 11.1 Å². The summed E-state index contributed by atoms with van der Waals surface area (Å²) < 4.78 is 5.75. The molecule has 0 bridgehead atoms. The van der Waals surface area contributed by atoms with Crippen LogP contribution in [0, 0.1) is 11.8 Å². The van der Waals surface area contributed by atoms with Crippen LogP contribution < -0.4 is 0 Å². The average molecular weight is 286 g/mol. The summed E-state index contributed by atoms with van der Waals surface area (Å²) in [5.74, 6) is 1.31. The van der Waals surface area contributed by atoms with E-state index in [1.54, 1.807) is 5.57 Å². The number of carbonyl (C=O) groups is 2. The number of allylic oxidation sites excluding steroid dienone is 4. The molecule has 3 aliphatic carbocycles. The van der Waals surface area contributed by atoms with Gasteiger partial charge in [0.2, 0.25) is 0 Å². The maximum atomic E-state index is 11.7. The maximum Gasteiger partial charge on any atom is 0.306 e. The van der Waals surface area contributed by atoms with Crippen LogP contribution in [0.25, 0.3) is 0 Å². The van der Waals surface area contributed by atoms with E-state index in [0.29, 0.717) is 30.5 Å². The highest BCUT2D eigenvalue weighted by Gasteiger charge is 2.50. The first kappa shape index (κ1) is 13.3. The third kappa shape index (κ3) is 2.01. The molecule has 3 nitrogen and oxygen atoms in total. The summed E-state index contributed by atoms with van der Waals surface area (Å²) >= 11 is 0. The number of ether oxygens (including phenoxy) is 1. The summed E-state index contributed by atoms with van der Waals surface area (Å²) in [6.07, 6.45) is 9.15. The lowest BCUT2D eigenvalue weighted by Gasteiger charge is -2.51. The van der Waals surface area contributed by atoms with Crippen molar-refractivity contribution in [3.63, 3.8) is 0 Å². The number of carbonyl (C=O) groups excluding carboxylic acids is 2. The van der Waals surface area contributed by atoms with Gasteiger partial charge in [-0.25, -0.2) is 0 Å². The average Bonchev–Trinajstić information content (AvgIpc) is 2.45. The molecule has 3 heteroatoms. The molecule has 0 amide bonds. The molecular formula is C18H22O3. The van der Waals surface area contributed by atoms with Crippen LogP contribution in [-0.2, 0) is 14.3 Å². The van der Waals surface area contributed by atoms with Crippen LogP contribution in [0.1, 0.15) is 58.3 Å². The van der Waals surface area contributed by atoms with Crippen molar-refractivity contribution < 1.29 is 14.3 Å². The molecule has 1 saturated heterocycles. The second kappa shape index (κ2) is 4.56. The highest BCUT2D eigenvalue weighted by molar-refractivity contribution is 5.93. The Morgan fingerprint density at radius 2 is 1.95 bits per heavy atom. The van der Waals surface area contributed by atoms with Gasteiger partial charge in [-0.3, -0.25) is 9.59 Å². The van der Waals surface area contributed by atoms with Crippen molar-refractivity contribution in [3.8, 4) is 0 Å². The fourth-order valence-corrected chi connectivity index (χ4v) is 5.05. The van der Waals surface area contributed by atoms with Gasteiger partial charge in [-0.1, -0.05) is 5.57 Å². The minimum absolute atomic E-state index is 0.0236. The van der Waals surface area contributed by atoms with E-state index >= 15 is 0 Å². The third-order valence-corrected chi connectivity index (χ3v) is 6.07. The second-order valence-corrected chi connectivity index (χ2v) is 7.22. The van der Waals surface area contributed by atoms with Gasteiger partial charge in [0.1, 0.15) is 5.60 Å². The molecule has 4 rings (SSSR count). The number of hydrogen-bond acceptors (Lipinski definition) is 3. The van der Waals surface area contributed by atoms with Gasteiger partial charge in [0.15, 0.2) is 5.78 Å². The van der Waals surface area contributed by atoms with Gasteiger partial charge < -0.3 is 4.74 Å². The van der Waals surface area contributed by atoms with E-state index in [2.05, 4.69) is 6.92 Å². The van der Waals surface area contributed by atoms with Crippen molar-refractivity contribution in [1.29, 1.82) is 0 Å². The van der Waals surface area contributed by atoms with Gasteiger partial charge in [0.05, 0.1) is 0 Å². The molecule has 0 N–H and O–H groups in total. The lowest BCUT2D eigenvalue weighted by Crippen LogP contribution is -2.51. The molecule has 2 fully saturated rings. The van der Waals surface area contributed by atoms with Crippen molar-refractivity contribution >= 4 is 11.8 Å². The number of fused-ring (bicyclic) bond motifs is 4. The molecule has 0 radical (unpaired) electrons. The molecule has 112 valence electrons. The topological polar surface area (TPSA) is 43.4 Å². The van der Waals surface area contributed by atoms with E-state index < -0.39 is 0 Å². The van der Waals surface area contributed by atoms with E-state index in [0.717, 1.165) is 38.5 Å². The molecule has 1 heterocycles. The van der Waals surface area contributed by atoms with Gasteiger partial charge >= 0.3 is 5.97 Å². The van der Waals surface area contributed by atoms with E-state index in [9.17, 15) is 9.59 Å². The fraction of sp³-hybridized carbons (Fsp3) is 0.667. The third-order valence-electron chi connectivity index (χ3n) is 6.07. The second-order valence-electron chi connectivity index (χ2n) is 7.22. The predicted octanol–water partition coefficient (Wildman–Crippen LogP) is 3.49. The maximum absolute atomic E-state index is 11.7. The molecule has 3 atom stereocenters. The summed E-state index contributed by atoms with van der Waals surface area (Å²) in [5, 5.41) is 0. The van der Waals surface area contributed by atoms with Crippen LogP contribution in [0.5, 0.6) is 0 Å². The molecule has 4 aliphatic rings. The number of hydrogen-bond donors (Lipinski definition) is 0. The van der Waals surface area contributed by atoms with Gasteiger partial charge in [0.25, 0.3) is 0 Å². The molecule has 0 aromatic heterocycles. The first-order valence-electron chi connectivity index (χ1n) is 8.24. The number of rotatable bonds is 0. The van der Waals surface area contributed by atoms with Crippen LogP contribution in [-0.4, -0.2) is 17.4 Å². The Morgan fingerprint density at radius 3 is 2.81 bits per heavy atom. The van der Waals surface area contributed by atoms with Crippen LogP contribution in [0.4, 0.5) is 0 Å². The summed E-state index contributed by atoms with van der Waals surface area (Å²) in [4.78, 5) is 23.3. The lowest BCUT2D eigenvalue weighted by molar-refractivity contribution is -0.180. The van der Waals surface area contributed by atoms with E-state index in [4.69, 9.17) is 4.74 Å². The summed E-state index contributed by atoms with van der Waals surface area (Å²) in [6.45, 7) is 2.13. The monoisotopic (exact) mass is 286 g/mol. The van der Waals surface area contributed by atoms with Crippen molar-refractivity contribution in [2.45, 2.75) is 63.9 Å². The van der Waals surface area contributed by atoms with Crippen LogP contribution in [0.2, 0.25) is 0 Å². The Bertz CT molecular complexity index is 583. The molecule has 0 unspecified atom stereocenters. The zero-order chi connectivity index (χ0) is 14.6. The van der Waals surface area contributed by atoms with Gasteiger partial charge in [0, 0.05) is 18.8 Å². The van der Waals surface area contributed by atoms with Crippen molar-refractivity contribution in [3.05, 3.63) is 22.8 Å². The summed E-state index contributed by atoms with van der Waals surface area (Å²) in [7, 11) is 0. The highest BCUT2D eigenvalue weighted by Crippen LogP contribution is 2.54. The van der Waals surface area contributed by atoms with Crippen molar-refractivity contribution in [1.82, 2.24) is 0 Å². The van der Waals surface area contributed by atoms with Gasteiger partial charge in [-0.15, -0.1) is 0 Å². The van der Waals surface area contributed by atoms with Crippen LogP contribution >= 0.6 is 0 Å². The normalized spacial score (nSPS) is 39.0. The first-order chi connectivity index (χ1) is 10.1. The molecule has 0 aromatic carbocycles.